The fourth-order valence-corrected chi connectivity index (χ4v) is 3.04. The normalized spacial score (nSPS) is 13.1. The van der Waals surface area contributed by atoms with Crippen molar-refractivity contribution in [2.45, 2.75) is 111 Å². The van der Waals surface area contributed by atoms with E-state index < -0.39 is 30.0 Å². The summed E-state index contributed by atoms with van der Waals surface area (Å²) in [6.07, 6.45) is 7.34. The van der Waals surface area contributed by atoms with Crippen LogP contribution in [0.5, 0.6) is 0 Å². The predicted molar refractivity (Wildman–Crippen MR) is 109 cm³/mol. The highest BCUT2D eigenvalue weighted by molar-refractivity contribution is 5.21. The fourth-order valence-electron chi connectivity index (χ4n) is 3.04. The maximum atomic E-state index is 13.8. The maximum absolute atomic E-state index is 13.8. The zero-order valence-electron chi connectivity index (χ0n) is 18.5. The smallest absolute Gasteiger partial charge is 0.272 e. The fraction of sp³-hybridized carbons (Fsp3) is 0.739. The first-order valence-corrected chi connectivity index (χ1v) is 10.8. The summed E-state index contributed by atoms with van der Waals surface area (Å²) in [7, 11) is 0. The van der Waals surface area contributed by atoms with Crippen molar-refractivity contribution in [2.24, 2.45) is 0 Å². The van der Waals surface area contributed by atoms with Crippen LogP contribution >= 0.6 is 0 Å². The summed E-state index contributed by atoms with van der Waals surface area (Å²) in [5, 5.41) is 0. The van der Waals surface area contributed by atoms with E-state index in [1.54, 1.807) is 0 Å². The Balaban J connectivity index is 2.84. The van der Waals surface area contributed by atoms with Gasteiger partial charge in [0.1, 0.15) is 0 Å². The summed E-state index contributed by atoms with van der Waals surface area (Å²) in [5.74, 6) is -3.92. The lowest BCUT2D eigenvalue weighted by Crippen LogP contribution is -2.29. The minimum absolute atomic E-state index is 0.153. The lowest BCUT2D eigenvalue weighted by atomic mass is 10.0. The van der Waals surface area contributed by atoms with E-state index in [0.29, 0.717) is 6.42 Å². The molecule has 6 heteroatoms. The zero-order chi connectivity index (χ0) is 21.8. The van der Waals surface area contributed by atoms with Crippen LogP contribution in [-0.4, -0.2) is 18.7 Å². The average molecular weight is 419 g/mol. The summed E-state index contributed by atoms with van der Waals surface area (Å²) in [4.78, 5) is 0. The van der Waals surface area contributed by atoms with Crippen molar-refractivity contribution in [1.82, 2.24) is 0 Å². The molecule has 0 spiro atoms. The van der Waals surface area contributed by atoms with Gasteiger partial charge in [-0.1, -0.05) is 51.9 Å². The van der Waals surface area contributed by atoms with Gasteiger partial charge in [-0.3, -0.25) is 0 Å². The molecule has 3 nitrogen and oxygen atoms in total. The van der Waals surface area contributed by atoms with Crippen LogP contribution in [0.2, 0.25) is 0 Å². The van der Waals surface area contributed by atoms with Crippen LogP contribution < -0.4 is 0 Å². The lowest BCUT2D eigenvalue weighted by molar-refractivity contribution is -0.328. The average Bonchev–Trinajstić information content (AvgIpc) is 2.62. The molecule has 0 heterocycles. The summed E-state index contributed by atoms with van der Waals surface area (Å²) in [5.41, 5.74) is 0.247. The van der Waals surface area contributed by atoms with Crippen LogP contribution in [0.15, 0.2) is 12.1 Å². The monoisotopic (exact) mass is 418 g/mol. The van der Waals surface area contributed by atoms with Crippen molar-refractivity contribution in [3.8, 4) is 0 Å². The van der Waals surface area contributed by atoms with Crippen molar-refractivity contribution >= 4 is 0 Å². The van der Waals surface area contributed by atoms with Gasteiger partial charge in [-0.2, -0.15) is 0 Å². The van der Waals surface area contributed by atoms with Gasteiger partial charge in [0.05, 0.1) is 18.3 Å². The van der Waals surface area contributed by atoms with Gasteiger partial charge in [0.2, 0.25) is 0 Å². The van der Waals surface area contributed by atoms with Gasteiger partial charge in [0.25, 0.3) is 6.48 Å². The van der Waals surface area contributed by atoms with Gasteiger partial charge in [-0.15, -0.1) is 0 Å². The minimum atomic E-state index is -1.48. The van der Waals surface area contributed by atoms with Crippen molar-refractivity contribution in [1.29, 1.82) is 0 Å². The molecule has 0 fully saturated rings. The van der Waals surface area contributed by atoms with Crippen LogP contribution in [0.1, 0.15) is 97.7 Å². The van der Waals surface area contributed by atoms with Gasteiger partial charge in [0, 0.05) is 0 Å². The Kier molecular flexibility index (Phi) is 12.5. The summed E-state index contributed by atoms with van der Waals surface area (Å²) >= 11 is 0. The van der Waals surface area contributed by atoms with E-state index in [1.807, 2.05) is 27.7 Å². The first kappa shape index (κ1) is 25.9. The van der Waals surface area contributed by atoms with E-state index in [2.05, 4.69) is 6.92 Å². The summed E-state index contributed by atoms with van der Waals surface area (Å²) < 4.78 is 58.2. The van der Waals surface area contributed by atoms with E-state index in [4.69, 9.17) is 14.2 Å². The second-order valence-corrected chi connectivity index (χ2v) is 7.99. The molecule has 0 saturated heterocycles. The number of rotatable bonds is 15. The Morgan fingerprint density at radius 2 is 1.21 bits per heavy atom. The second-order valence-electron chi connectivity index (χ2n) is 7.99. The molecule has 1 unspecified atom stereocenters. The van der Waals surface area contributed by atoms with Crippen LogP contribution in [0.3, 0.4) is 0 Å². The molecule has 1 aromatic carbocycles. The second kappa shape index (κ2) is 14.0. The standard InChI is InChI=1S/C23H37F3O3/c1-6-7-8-9-10-11-12-13-21(18-14-19(24)22(26)20(25)15-18)29-23(27-16(2)3)28-17(4)5/h14-17,21,23H,6-13H2,1-5H3. The molecule has 0 radical (unpaired) electrons. The van der Waals surface area contributed by atoms with Gasteiger partial charge in [-0.25, -0.2) is 13.2 Å². The van der Waals surface area contributed by atoms with E-state index in [9.17, 15) is 13.2 Å². The number of ether oxygens (including phenoxy) is 3. The Hall–Kier alpha value is -1.11. The van der Waals surface area contributed by atoms with E-state index in [1.165, 1.54) is 25.7 Å². The molecule has 168 valence electrons. The Bertz CT molecular complexity index is 545. The molecular weight excluding hydrogens is 381 g/mol. The first-order valence-electron chi connectivity index (χ1n) is 10.8. The number of halogens is 3. The van der Waals surface area contributed by atoms with Crippen molar-refractivity contribution in [3.05, 3.63) is 35.1 Å². The summed E-state index contributed by atoms with van der Waals surface area (Å²) in [6, 6.07) is 1.98. The Morgan fingerprint density at radius 1 is 0.724 bits per heavy atom. The third-order valence-electron chi connectivity index (χ3n) is 4.49. The van der Waals surface area contributed by atoms with Crippen molar-refractivity contribution in [2.75, 3.05) is 0 Å². The van der Waals surface area contributed by atoms with Gasteiger partial charge in [-0.05, 0) is 51.8 Å². The predicted octanol–water partition coefficient (Wildman–Crippen LogP) is 7.44. The maximum Gasteiger partial charge on any atom is 0.272 e. The Labute approximate surface area is 173 Å². The molecule has 0 aliphatic carbocycles. The molecule has 1 rings (SSSR count). The van der Waals surface area contributed by atoms with E-state index in [0.717, 1.165) is 31.4 Å². The quantitative estimate of drug-likeness (QED) is 0.168. The number of hydrogen-bond acceptors (Lipinski definition) is 3. The topological polar surface area (TPSA) is 27.7 Å². The highest BCUT2D eigenvalue weighted by Gasteiger charge is 2.24. The van der Waals surface area contributed by atoms with E-state index in [-0.39, 0.29) is 17.8 Å². The van der Waals surface area contributed by atoms with E-state index >= 15 is 0 Å². The lowest BCUT2D eigenvalue weighted by Gasteiger charge is -2.28. The third kappa shape index (κ3) is 10.5. The molecular formula is C23H37F3O3. The SMILES string of the molecule is CCCCCCCCCC(OC(OC(C)C)OC(C)C)c1cc(F)c(F)c(F)c1. The highest BCUT2D eigenvalue weighted by Crippen LogP contribution is 2.29. The first-order chi connectivity index (χ1) is 13.7. The molecule has 0 aliphatic heterocycles. The van der Waals surface area contributed by atoms with Gasteiger partial charge < -0.3 is 14.2 Å². The molecule has 0 saturated carbocycles. The molecule has 0 N–H and O–H groups in total. The largest absolute Gasteiger partial charge is 0.327 e. The van der Waals surface area contributed by atoms with Gasteiger partial charge >= 0.3 is 0 Å². The number of unbranched alkanes of at least 4 members (excludes halogenated alkanes) is 6. The summed E-state index contributed by atoms with van der Waals surface area (Å²) in [6.45, 7) is 8.61. The van der Waals surface area contributed by atoms with Crippen molar-refractivity contribution < 1.29 is 27.4 Å². The van der Waals surface area contributed by atoms with Gasteiger partial charge in [0.15, 0.2) is 17.5 Å². The zero-order valence-corrected chi connectivity index (χ0v) is 18.5. The molecule has 0 aliphatic rings. The molecule has 1 atom stereocenters. The molecule has 29 heavy (non-hydrogen) atoms. The Morgan fingerprint density at radius 3 is 1.69 bits per heavy atom. The molecule has 0 aromatic heterocycles. The highest BCUT2D eigenvalue weighted by atomic mass is 19.2. The number of hydrogen-bond donors (Lipinski definition) is 0. The van der Waals surface area contributed by atoms with Crippen LogP contribution in [0.25, 0.3) is 0 Å². The minimum Gasteiger partial charge on any atom is -0.327 e. The molecule has 1 aromatic rings. The van der Waals surface area contributed by atoms with Crippen LogP contribution in [0, 0.1) is 17.5 Å². The molecule has 0 bridgehead atoms. The van der Waals surface area contributed by atoms with Crippen LogP contribution in [-0.2, 0) is 14.2 Å². The van der Waals surface area contributed by atoms with Crippen molar-refractivity contribution in [3.63, 3.8) is 0 Å². The van der Waals surface area contributed by atoms with Crippen LogP contribution in [0.4, 0.5) is 13.2 Å². The molecule has 0 amide bonds. The number of benzene rings is 1. The third-order valence-corrected chi connectivity index (χ3v) is 4.49.